The topological polar surface area (TPSA) is 92.3 Å². The van der Waals surface area contributed by atoms with E-state index in [-0.39, 0.29) is 11.1 Å². The normalized spacial score (nSPS) is 9.92. The molecular formula is C18H16N2O4. The number of benzene rings is 2. The van der Waals surface area contributed by atoms with Crippen molar-refractivity contribution in [3.63, 3.8) is 0 Å². The number of carbonyl (C=O) groups is 4. The molecular weight excluding hydrogens is 308 g/mol. The zero-order valence-corrected chi connectivity index (χ0v) is 13.3. The molecule has 0 fully saturated rings. The molecule has 0 saturated heterocycles. The van der Waals surface area contributed by atoms with Crippen LogP contribution in [0.3, 0.4) is 0 Å². The lowest BCUT2D eigenvalue weighted by Crippen LogP contribution is -2.29. The quantitative estimate of drug-likeness (QED) is 0.902. The zero-order chi connectivity index (χ0) is 17.7. The molecule has 0 saturated carbocycles. The first-order valence-corrected chi connectivity index (χ1v) is 7.22. The summed E-state index contributed by atoms with van der Waals surface area (Å²) < 4.78 is 0. The maximum atomic E-state index is 12.2. The van der Waals surface area contributed by atoms with E-state index in [0.29, 0.717) is 11.1 Å². The summed E-state index contributed by atoms with van der Waals surface area (Å²) in [7, 11) is 0. The molecule has 0 heterocycles. The molecule has 0 aromatic heterocycles. The van der Waals surface area contributed by atoms with Crippen LogP contribution in [0, 0.1) is 0 Å². The number of rotatable bonds is 3. The van der Waals surface area contributed by atoms with Crippen molar-refractivity contribution in [2.75, 3.05) is 0 Å². The van der Waals surface area contributed by atoms with Crippen molar-refractivity contribution in [3.8, 4) is 11.1 Å². The maximum Gasteiger partial charge on any atom is 0.258 e. The monoisotopic (exact) mass is 324 g/mol. The molecule has 0 unspecified atom stereocenters. The minimum absolute atomic E-state index is 0.260. The number of hydrogen-bond donors (Lipinski definition) is 2. The molecule has 2 rings (SSSR count). The van der Waals surface area contributed by atoms with Crippen LogP contribution in [0.4, 0.5) is 0 Å². The number of amides is 4. The first-order chi connectivity index (χ1) is 11.4. The minimum atomic E-state index is -0.556. The van der Waals surface area contributed by atoms with Crippen LogP contribution in [0.15, 0.2) is 48.5 Å². The predicted octanol–water partition coefficient (Wildman–Crippen LogP) is 1.91. The molecule has 0 aliphatic heterocycles. The van der Waals surface area contributed by atoms with E-state index < -0.39 is 23.6 Å². The highest BCUT2D eigenvalue weighted by molar-refractivity contribution is 6.12. The summed E-state index contributed by atoms with van der Waals surface area (Å²) in [6, 6.07) is 13.2. The van der Waals surface area contributed by atoms with Crippen LogP contribution < -0.4 is 10.6 Å². The number of imide groups is 2. The van der Waals surface area contributed by atoms with Gasteiger partial charge in [-0.1, -0.05) is 36.4 Å². The van der Waals surface area contributed by atoms with Gasteiger partial charge in [-0.3, -0.25) is 29.8 Å². The lowest BCUT2D eigenvalue weighted by atomic mass is 9.94. The van der Waals surface area contributed by atoms with Crippen LogP contribution in [-0.4, -0.2) is 23.6 Å². The number of nitrogens with one attached hydrogen (secondary N) is 2. The molecule has 0 bridgehead atoms. The second-order valence-electron chi connectivity index (χ2n) is 5.11. The number of carbonyl (C=O) groups excluding carboxylic acids is 4. The Morgan fingerprint density at radius 3 is 1.29 bits per heavy atom. The van der Waals surface area contributed by atoms with Crippen LogP contribution in [0.1, 0.15) is 34.6 Å². The summed E-state index contributed by atoms with van der Waals surface area (Å²) in [4.78, 5) is 46.7. The molecule has 0 atom stereocenters. The third-order valence-electron chi connectivity index (χ3n) is 3.21. The summed E-state index contributed by atoms with van der Waals surface area (Å²) in [6.07, 6.45) is 0. The van der Waals surface area contributed by atoms with Crippen molar-refractivity contribution in [1.82, 2.24) is 10.6 Å². The van der Waals surface area contributed by atoms with Gasteiger partial charge in [0.05, 0.1) is 0 Å². The van der Waals surface area contributed by atoms with Crippen LogP contribution in [0.25, 0.3) is 11.1 Å². The predicted molar refractivity (Wildman–Crippen MR) is 88.2 cm³/mol. The average molecular weight is 324 g/mol. The average Bonchev–Trinajstić information content (AvgIpc) is 2.53. The second kappa shape index (κ2) is 7.32. The zero-order valence-electron chi connectivity index (χ0n) is 13.3. The molecule has 0 radical (unpaired) electrons. The summed E-state index contributed by atoms with van der Waals surface area (Å²) in [5.74, 6) is -2.06. The Labute approximate surface area is 138 Å². The molecule has 2 aromatic carbocycles. The summed E-state index contributed by atoms with van der Waals surface area (Å²) in [6.45, 7) is 2.49. The van der Waals surface area contributed by atoms with Crippen molar-refractivity contribution >= 4 is 23.6 Å². The highest BCUT2D eigenvalue weighted by Crippen LogP contribution is 2.27. The first-order valence-electron chi connectivity index (χ1n) is 7.22. The van der Waals surface area contributed by atoms with Crippen LogP contribution in [0.2, 0.25) is 0 Å². The van der Waals surface area contributed by atoms with Crippen LogP contribution in [-0.2, 0) is 9.59 Å². The third kappa shape index (κ3) is 3.92. The fraction of sp³-hybridized carbons (Fsp3) is 0.111. The molecule has 6 nitrogen and oxygen atoms in total. The highest BCUT2D eigenvalue weighted by atomic mass is 16.2. The molecule has 4 amide bonds. The summed E-state index contributed by atoms with van der Waals surface area (Å²) in [5.41, 5.74) is 1.50. The lowest BCUT2D eigenvalue weighted by molar-refractivity contribution is -0.119. The summed E-state index contributed by atoms with van der Waals surface area (Å²) >= 11 is 0. The largest absolute Gasteiger partial charge is 0.293 e. The van der Waals surface area contributed by atoms with Gasteiger partial charge in [0.25, 0.3) is 11.8 Å². The Bertz CT molecular complexity index is 758. The molecule has 2 N–H and O–H groups in total. The highest BCUT2D eigenvalue weighted by Gasteiger charge is 2.18. The summed E-state index contributed by atoms with van der Waals surface area (Å²) in [5, 5.41) is 4.44. The Morgan fingerprint density at radius 1 is 0.625 bits per heavy atom. The van der Waals surface area contributed by atoms with E-state index in [0.717, 1.165) is 0 Å². The molecule has 24 heavy (non-hydrogen) atoms. The van der Waals surface area contributed by atoms with Crippen LogP contribution in [0.5, 0.6) is 0 Å². The SMILES string of the molecule is CC(=O)NC(=O)c1ccccc1-c1ccccc1C(=O)NC(C)=O. The molecule has 0 aliphatic carbocycles. The second-order valence-corrected chi connectivity index (χ2v) is 5.11. The molecule has 2 aromatic rings. The third-order valence-corrected chi connectivity index (χ3v) is 3.21. The first kappa shape index (κ1) is 17.1. The maximum absolute atomic E-state index is 12.2. The van der Waals surface area contributed by atoms with E-state index in [9.17, 15) is 19.2 Å². The van der Waals surface area contributed by atoms with Crippen molar-refractivity contribution < 1.29 is 19.2 Å². The molecule has 122 valence electrons. The molecule has 6 heteroatoms. The van der Waals surface area contributed by atoms with E-state index in [1.165, 1.54) is 13.8 Å². The smallest absolute Gasteiger partial charge is 0.258 e. The van der Waals surface area contributed by atoms with Gasteiger partial charge in [-0.2, -0.15) is 0 Å². The Kier molecular flexibility index (Phi) is 5.21. The van der Waals surface area contributed by atoms with Crippen LogP contribution >= 0.6 is 0 Å². The fourth-order valence-corrected chi connectivity index (χ4v) is 2.29. The fourth-order valence-electron chi connectivity index (χ4n) is 2.29. The van der Waals surface area contributed by atoms with Gasteiger partial charge in [0.2, 0.25) is 11.8 Å². The number of hydrogen-bond acceptors (Lipinski definition) is 4. The van der Waals surface area contributed by atoms with E-state index in [1.54, 1.807) is 48.5 Å². The van der Waals surface area contributed by atoms with Gasteiger partial charge in [-0.25, -0.2) is 0 Å². The van der Waals surface area contributed by atoms with E-state index in [2.05, 4.69) is 10.6 Å². The van der Waals surface area contributed by atoms with E-state index >= 15 is 0 Å². The van der Waals surface area contributed by atoms with Gasteiger partial charge < -0.3 is 0 Å². The van der Waals surface area contributed by atoms with Crippen molar-refractivity contribution in [2.45, 2.75) is 13.8 Å². The van der Waals surface area contributed by atoms with Gasteiger partial charge in [0.1, 0.15) is 0 Å². The molecule has 0 aliphatic rings. The molecule has 0 spiro atoms. The Hall–Kier alpha value is -3.28. The van der Waals surface area contributed by atoms with Crippen molar-refractivity contribution in [2.24, 2.45) is 0 Å². The van der Waals surface area contributed by atoms with Gasteiger partial charge in [-0.15, -0.1) is 0 Å². The Morgan fingerprint density at radius 2 is 0.958 bits per heavy atom. The van der Waals surface area contributed by atoms with Gasteiger partial charge >= 0.3 is 0 Å². The van der Waals surface area contributed by atoms with Gasteiger partial charge in [0, 0.05) is 25.0 Å². The standard InChI is InChI=1S/C18H16N2O4/c1-11(21)19-17(23)15-9-5-3-7-13(15)14-8-4-6-10-16(14)18(24)20-12(2)22/h3-10H,1-2H3,(H,19,21,23)(H,20,22,24). The lowest BCUT2D eigenvalue weighted by Gasteiger charge is -2.12. The van der Waals surface area contributed by atoms with Gasteiger partial charge in [-0.05, 0) is 23.3 Å². The van der Waals surface area contributed by atoms with Crippen molar-refractivity contribution in [3.05, 3.63) is 59.7 Å². The van der Waals surface area contributed by atoms with E-state index in [4.69, 9.17) is 0 Å². The van der Waals surface area contributed by atoms with Crippen molar-refractivity contribution in [1.29, 1.82) is 0 Å². The minimum Gasteiger partial charge on any atom is -0.293 e. The Balaban J connectivity index is 2.54. The van der Waals surface area contributed by atoms with Gasteiger partial charge in [0.15, 0.2) is 0 Å². The van der Waals surface area contributed by atoms with E-state index in [1.807, 2.05) is 0 Å².